The number of benzene rings is 1. The summed E-state index contributed by atoms with van der Waals surface area (Å²) in [5, 5.41) is 13.1. The molecule has 0 radical (unpaired) electrons. The van der Waals surface area contributed by atoms with Crippen LogP contribution in [0.2, 0.25) is 5.02 Å². The van der Waals surface area contributed by atoms with Gasteiger partial charge in [-0.3, -0.25) is 14.9 Å². The molecule has 1 rings (SSSR count). The third kappa shape index (κ3) is 3.54. The number of hydrogen-bond donors (Lipinski definition) is 2. The van der Waals surface area contributed by atoms with E-state index in [0.29, 0.717) is 6.42 Å². The minimum absolute atomic E-state index is 0.00777. The van der Waals surface area contributed by atoms with Crippen LogP contribution in [-0.4, -0.2) is 16.9 Å². The number of nitrogens with one attached hydrogen (secondary N) is 1. The molecule has 0 saturated carbocycles. The van der Waals surface area contributed by atoms with Crippen molar-refractivity contribution in [3.05, 3.63) is 46.0 Å². The topological polar surface area (TPSA) is 98.3 Å². The van der Waals surface area contributed by atoms with Crippen LogP contribution >= 0.6 is 11.6 Å². The van der Waals surface area contributed by atoms with E-state index in [9.17, 15) is 14.9 Å². The maximum atomic E-state index is 11.6. The molecular formula is C11H12ClN3O3. The summed E-state index contributed by atoms with van der Waals surface area (Å²) in [5.74, 6) is -0.438. The quantitative estimate of drug-likeness (QED) is 0.486. The highest BCUT2D eigenvalue weighted by atomic mass is 35.5. The van der Waals surface area contributed by atoms with Gasteiger partial charge >= 0.3 is 0 Å². The lowest BCUT2D eigenvalue weighted by Crippen LogP contribution is -2.35. The number of carbonyl (C=O) groups is 1. The van der Waals surface area contributed by atoms with E-state index in [2.05, 4.69) is 11.9 Å². The van der Waals surface area contributed by atoms with Gasteiger partial charge in [-0.1, -0.05) is 17.7 Å². The molecule has 1 aromatic carbocycles. The van der Waals surface area contributed by atoms with Crippen molar-refractivity contribution in [2.75, 3.05) is 5.32 Å². The summed E-state index contributed by atoms with van der Waals surface area (Å²) in [6.45, 7) is 3.47. The zero-order valence-electron chi connectivity index (χ0n) is 9.43. The lowest BCUT2D eigenvalue weighted by molar-refractivity contribution is -0.384. The Kier molecular flexibility index (Phi) is 4.82. The predicted octanol–water partition coefficient (Wildman–Crippen LogP) is 2.09. The summed E-state index contributed by atoms with van der Waals surface area (Å²) in [4.78, 5) is 21.6. The fourth-order valence-electron chi connectivity index (χ4n) is 1.25. The number of nitrogens with two attached hydrogens (primary N) is 1. The monoisotopic (exact) mass is 269 g/mol. The first kappa shape index (κ1) is 14.1. The molecule has 0 aliphatic heterocycles. The summed E-state index contributed by atoms with van der Waals surface area (Å²) < 4.78 is 0. The Bertz CT molecular complexity index is 490. The van der Waals surface area contributed by atoms with E-state index in [0.717, 1.165) is 0 Å². The number of nitro groups is 1. The number of halogens is 1. The number of amides is 1. The van der Waals surface area contributed by atoms with Crippen LogP contribution in [0.15, 0.2) is 30.9 Å². The Hall–Kier alpha value is -1.92. The van der Waals surface area contributed by atoms with E-state index in [1.54, 1.807) is 0 Å². The fraction of sp³-hybridized carbons (Fsp3) is 0.182. The Morgan fingerprint density at radius 2 is 2.33 bits per heavy atom. The average Bonchev–Trinajstić information content (AvgIpc) is 2.31. The molecule has 6 nitrogen and oxygen atoms in total. The second kappa shape index (κ2) is 6.13. The molecule has 1 atom stereocenters. The second-order valence-electron chi connectivity index (χ2n) is 3.54. The molecule has 0 aliphatic rings. The summed E-state index contributed by atoms with van der Waals surface area (Å²) in [6, 6.07) is 3.25. The summed E-state index contributed by atoms with van der Waals surface area (Å²) in [7, 11) is 0. The van der Waals surface area contributed by atoms with E-state index < -0.39 is 16.9 Å². The highest BCUT2D eigenvalue weighted by molar-refractivity contribution is 6.32. The van der Waals surface area contributed by atoms with Crippen LogP contribution in [-0.2, 0) is 4.79 Å². The maximum Gasteiger partial charge on any atom is 0.289 e. The fourth-order valence-corrected chi connectivity index (χ4v) is 1.44. The smallest absolute Gasteiger partial charge is 0.289 e. The maximum absolute atomic E-state index is 11.6. The molecule has 0 aliphatic carbocycles. The van der Waals surface area contributed by atoms with Gasteiger partial charge in [-0.25, -0.2) is 0 Å². The van der Waals surface area contributed by atoms with Gasteiger partial charge in [-0.15, -0.1) is 6.58 Å². The Balaban J connectivity index is 2.85. The predicted molar refractivity (Wildman–Crippen MR) is 69.5 cm³/mol. The first-order valence-electron chi connectivity index (χ1n) is 5.07. The van der Waals surface area contributed by atoms with Gasteiger partial charge in [-0.2, -0.15) is 0 Å². The number of anilines is 1. The molecule has 96 valence electrons. The van der Waals surface area contributed by atoms with Crippen LogP contribution in [0.1, 0.15) is 6.42 Å². The number of carbonyl (C=O) groups excluding carboxylic acids is 1. The lowest BCUT2D eigenvalue weighted by Gasteiger charge is -2.10. The van der Waals surface area contributed by atoms with Crippen molar-refractivity contribution in [2.45, 2.75) is 12.5 Å². The number of nitro benzene ring substituents is 1. The van der Waals surface area contributed by atoms with Crippen molar-refractivity contribution in [2.24, 2.45) is 5.73 Å². The van der Waals surface area contributed by atoms with Crippen molar-refractivity contribution in [1.82, 2.24) is 0 Å². The van der Waals surface area contributed by atoms with Gasteiger partial charge in [0.25, 0.3) is 5.69 Å². The van der Waals surface area contributed by atoms with Gasteiger partial charge in [0.15, 0.2) is 0 Å². The van der Waals surface area contributed by atoms with E-state index in [1.165, 1.54) is 24.3 Å². The molecule has 0 fully saturated rings. The molecule has 0 saturated heterocycles. The largest absolute Gasteiger partial charge is 0.324 e. The SMILES string of the molecule is C=CCC(N)C(=O)Nc1ccc(Cl)c([N+](=O)[O-])c1. The molecule has 1 unspecified atom stereocenters. The Labute approximate surface area is 109 Å². The summed E-state index contributed by atoms with van der Waals surface area (Å²) in [5.41, 5.74) is 5.56. The van der Waals surface area contributed by atoms with Gasteiger partial charge in [0, 0.05) is 11.8 Å². The highest BCUT2D eigenvalue weighted by Crippen LogP contribution is 2.27. The average molecular weight is 270 g/mol. The first-order chi connectivity index (χ1) is 8.45. The number of rotatable bonds is 5. The van der Waals surface area contributed by atoms with Gasteiger partial charge in [0.05, 0.1) is 11.0 Å². The molecule has 7 heteroatoms. The Morgan fingerprint density at radius 3 is 2.89 bits per heavy atom. The summed E-state index contributed by atoms with van der Waals surface area (Å²) >= 11 is 5.65. The van der Waals surface area contributed by atoms with Crippen molar-refractivity contribution in [3.63, 3.8) is 0 Å². The van der Waals surface area contributed by atoms with E-state index in [-0.39, 0.29) is 16.4 Å². The van der Waals surface area contributed by atoms with Crippen LogP contribution in [0.4, 0.5) is 11.4 Å². The van der Waals surface area contributed by atoms with Crippen molar-refractivity contribution < 1.29 is 9.72 Å². The highest BCUT2D eigenvalue weighted by Gasteiger charge is 2.16. The van der Waals surface area contributed by atoms with Gasteiger partial charge in [-0.05, 0) is 18.6 Å². The molecule has 3 N–H and O–H groups in total. The van der Waals surface area contributed by atoms with Crippen LogP contribution < -0.4 is 11.1 Å². The van der Waals surface area contributed by atoms with Gasteiger partial charge in [0.1, 0.15) is 5.02 Å². The van der Waals surface area contributed by atoms with Crippen LogP contribution in [0, 0.1) is 10.1 Å². The van der Waals surface area contributed by atoms with Crippen molar-refractivity contribution in [3.8, 4) is 0 Å². The Morgan fingerprint density at radius 1 is 1.67 bits per heavy atom. The first-order valence-corrected chi connectivity index (χ1v) is 5.44. The minimum atomic E-state index is -0.739. The minimum Gasteiger partial charge on any atom is -0.324 e. The molecule has 0 spiro atoms. The van der Waals surface area contributed by atoms with Gasteiger partial charge in [0.2, 0.25) is 5.91 Å². The number of nitrogens with zero attached hydrogens (tertiary/aromatic N) is 1. The van der Waals surface area contributed by atoms with E-state index in [4.69, 9.17) is 17.3 Å². The zero-order chi connectivity index (χ0) is 13.7. The molecule has 18 heavy (non-hydrogen) atoms. The second-order valence-corrected chi connectivity index (χ2v) is 3.95. The van der Waals surface area contributed by atoms with Crippen LogP contribution in [0.25, 0.3) is 0 Å². The van der Waals surface area contributed by atoms with Crippen LogP contribution in [0.3, 0.4) is 0 Å². The molecule has 1 amide bonds. The molecular weight excluding hydrogens is 258 g/mol. The molecule has 0 bridgehead atoms. The normalized spacial score (nSPS) is 11.7. The van der Waals surface area contributed by atoms with E-state index in [1.807, 2.05) is 0 Å². The zero-order valence-corrected chi connectivity index (χ0v) is 10.2. The standard InChI is InChI=1S/C11H12ClN3O3/c1-2-3-9(13)11(16)14-7-4-5-8(12)10(6-7)15(17)18/h2,4-6,9H,1,3,13H2,(H,14,16). The van der Waals surface area contributed by atoms with E-state index >= 15 is 0 Å². The van der Waals surface area contributed by atoms with Gasteiger partial charge < -0.3 is 11.1 Å². The molecule has 0 heterocycles. The molecule has 1 aromatic rings. The van der Waals surface area contributed by atoms with Crippen molar-refractivity contribution in [1.29, 1.82) is 0 Å². The number of hydrogen-bond acceptors (Lipinski definition) is 4. The third-order valence-electron chi connectivity index (χ3n) is 2.17. The summed E-state index contributed by atoms with van der Waals surface area (Å²) in [6.07, 6.45) is 1.84. The molecule has 0 aromatic heterocycles. The lowest BCUT2D eigenvalue weighted by atomic mass is 10.2. The third-order valence-corrected chi connectivity index (χ3v) is 2.49. The van der Waals surface area contributed by atoms with Crippen LogP contribution in [0.5, 0.6) is 0 Å². The van der Waals surface area contributed by atoms with Crippen molar-refractivity contribution >= 4 is 28.9 Å².